The Bertz CT molecular complexity index is 316. The summed E-state index contributed by atoms with van der Waals surface area (Å²) in [7, 11) is 1.50. The first kappa shape index (κ1) is 15.7. The van der Waals surface area contributed by atoms with E-state index in [0.717, 1.165) is 52.4 Å². The maximum Gasteiger partial charge on any atom is 0.310 e. The lowest BCUT2D eigenvalue weighted by atomic mass is 9.90. The van der Waals surface area contributed by atoms with E-state index in [2.05, 4.69) is 23.6 Å². The Kier molecular flexibility index (Phi) is 5.81. The number of methoxy groups -OCH3 is 1. The Labute approximate surface area is 122 Å². The Morgan fingerprint density at radius 1 is 1.30 bits per heavy atom. The second-order valence-electron chi connectivity index (χ2n) is 6.18. The molecule has 2 unspecified atom stereocenters. The number of ether oxygens (including phenoxy) is 2. The molecule has 0 amide bonds. The molecular formula is C15H28N2O3. The Hall–Kier alpha value is -0.650. The lowest BCUT2D eigenvalue weighted by molar-refractivity contribution is -0.148. The predicted octanol–water partition coefficient (Wildman–Crippen LogP) is 0.838. The minimum absolute atomic E-state index is 0.00171. The van der Waals surface area contributed by atoms with Gasteiger partial charge in [0.05, 0.1) is 26.2 Å². The van der Waals surface area contributed by atoms with Crippen molar-refractivity contribution in [2.24, 2.45) is 11.8 Å². The van der Waals surface area contributed by atoms with E-state index < -0.39 is 0 Å². The van der Waals surface area contributed by atoms with Gasteiger partial charge in [0.25, 0.3) is 0 Å². The van der Waals surface area contributed by atoms with Gasteiger partial charge in [0.1, 0.15) is 0 Å². The number of morpholine rings is 1. The third-order valence-corrected chi connectivity index (χ3v) is 4.62. The molecule has 5 heteroatoms. The van der Waals surface area contributed by atoms with Crippen LogP contribution in [0.25, 0.3) is 0 Å². The maximum atomic E-state index is 12.2. The quantitative estimate of drug-likeness (QED) is 0.700. The highest BCUT2D eigenvalue weighted by Gasteiger charge is 2.36. The molecule has 2 fully saturated rings. The van der Waals surface area contributed by atoms with E-state index in [1.54, 1.807) is 0 Å². The molecule has 2 aliphatic rings. The van der Waals surface area contributed by atoms with Crippen LogP contribution in [-0.2, 0) is 14.3 Å². The molecule has 0 aliphatic carbocycles. The van der Waals surface area contributed by atoms with E-state index in [4.69, 9.17) is 9.47 Å². The van der Waals surface area contributed by atoms with Crippen molar-refractivity contribution in [2.45, 2.75) is 26.3 Å². The molecule has 2 heterocycles. The first-order valence-electron chi connectivity index (χ1n) is 7.73. The van der Waals surface area contributed by atoms with Gasteiger partial charge in [0.2, 0.25) is 0 Å². The summed E-state index contributed by atoms with van der Waals surface area (Å²) in [6.45, 7) is 10.8. The summed E-state index contributed by atoms with van der Waals surface area (Å²) < 4.78 is 10.4. The van der Waals surface area contributed by atoms with E-state index in [1.165, 1.54) is 7.11 Å². The molecule has 0 aromatic rings. The zero-order valence-corrected chi connectivity index (χ0v) is 13.0. The molecule has 0 N–H and O–H groups in total. The first-order valence-corrected chi connectivity index (χ1v) is 7.73. The molecule has 2 atom stereocenters. The fourth-order valence-electron chi connectivity index (χ4n) is 3.24. The number of likely N-dealkylation sites (tertiary alicyclic amines) is 1. The zero-order valence-electron chi connectivity index (χ0n) is 13.0. The third-order valence-electron chi connectivity index (χ3n) is 4.62. The van der Waals surface area contributed by atoms with Crippen LogP contribution in [0.3, 0.4) is 0 Å². The van der Waals surface area contributed by atoms with Gasteiger partial charge in [0.15, 0.2) is 0 Å². The Morgan fingerprint density at radius 2 is 2.00 bits per heavy atom. The van der Waals surface area contributed by atoms with Gasteiger partial charge in [-0.25, -0.2) is 0 Å². The number of carbonyl (C=O) groups is 1. The van der Waals surface area contributed by atoms with Gasteiger partial charge in [0, 0.05) is 32.2 Å². The average molecular weight is 284 g/mol. The van der Waals surface area contributed by atoms with Crippen molar-refractivity contribution in [1.82, 2.24) is 9.80 Å². The number of rotatable bonds is 5. The summed E-state index contributed by atoms with van der Waals surface area (Å²) >= 11 is 0. The summed E-state index contributed by atoms with van der Waals surface area (Å²) in [6, 6.07) is 0.557. The molecule has 0 saturated carbocycles. The first-order chi connectivity index (χ1) is 9.61. The van der Waals surface area contributed by atoms with Crippen LogP contribution in [-0.4, -0.2) is 74.9 Å². The second-order valence-corrected chi connectivity index (χ2v) is 6.18. The number of esters is 1. The Morgan fingerprint density at radius 3 is 2.55 bits per heavy atom. The van der Waals surface area contributed by atoms with Crippen LogP contribution in [0.1, 0.15) is 20.3 Å². The molecule has 0 aromatic carbocycles. The molecule has 2 saturated heterocycles. The highest BCUT2D eigenvalue weighted by molar-refractivity contribution is 5.73. The summed E-state index contributed by atoms with van der Waals surface area (Å²) in [6.07, 6.45) is 1.10. The molecule has 5 nitrogen and oxygen atoms in total. The fraction of sp³-hybridized carbons (Fsp3) is 0.933. The largest absolute Gasteiger partial charge is 0.469 e. The molecule has 0 aromatic heterocycles. The van der Waals surface area contributed by atoms with Gasteiger partial charge >= 0.3 is 5.97 Å². The second kappa shape index (κ2) is 7.38. The summed E-state index contributed by atoms with van der Waals surface area (Å²) in [5.41, 5.74) is 0. The predicted molar refractivity (Wildman–Crippen MR) is 77.6 cm³/mol. The van der Waals surface area contributed by atoms with Crippen LogP contribution in [0, 0.1) is 11.8 Å². The topological polar surface area (TPSA) is 42.0 Å². The standard InChI is InChI=1S/C15H28N2O3/c1-12(2)17-5-4-13(10-17)14(15(18)19-3)11-16-6-8-20-9-7-16/h12-14H,4-11H2,1-3H3. The van der Waals surface area contributed by atoms with Gasteiger partial charge in [-0.05, 0) is 32.7 Å². The van der Waals surface area contributed by atoms with Gasteiger partial charge in [-0.15, -0.1) is 0 Å². The molecule has 0 radical (unpaired) electrons. The van der Waals surface area contributed by atoms with Crippen molar-refractivity contribution in [1.29, 1.82) is 0 Å². The van der Waals surface area contributed by atoms with E-state index in [-0.39, 0.29) is 11.9 Å². The number of carbonyl (C=O) groups excluding carboxylic acids is 1. The monoisotopic (exact) mass is 284 g/mol. The molecule has 116 valence electrons. The van der Waals surface area contributed by atoms with Crippen molar-refractivity contribution >= 4 is 5.97 Å². The van der Waals surface area contributed by atoms with Gasteiger partial charge in [-0.2, -0.15) is 0 Å². The van der Waals surface area contributed by atoms with Crippen LogP contribution >= 0.6 is 0 Å². The van der Waals surface area contributed by atoms with E-state index >= 15 is 0 Å². The normalized spacial score (nSPS) is 26.9. The summed E-state index contributed by atoms with van der Waals surface area (Å²) in [5.74, 6) is 0.377. The van der Waals surface area contributed by atoms with Gasteiger partial charge in [-0.1, -0.05) is 0 Å². The Balaban J connectivity index is 1.95. The van der Waals surface area contributed by atoms with E-state index in [0.29, 0.717) is 12.0 Å². The van der Waals surface area contributed by atoms with Crippen molar-refractivity contribution in [3.05, 3.63) is 0 Å². The molecular weight excluding hydrogens is 256 g/mol. The van der Waals surface area contributed by atoms with E-state index in [9.17, 15) is 4.79 Å². The minimum Gasteiger partial charge on any atom is -0.469 e. The van der Waals surface area contributed by atoms with Crippen molar-refractivity contribution in [3.63, 3.8) is 0 Å². The van der Waals surface area contributed by atoms with Crippen LogP contribution in [0.4, 0.5) is 0 Å². The summed E-state index contributed by atoms with van der Waals surface area (Å²) in [5, 5.41) is 0. The van der Waals surface area contributed by atoms with Crippen LogP contribution in [0.5, 0.6) is 0 Å². The average Bonchev–Trinajstić information content (AvgIpc) is 2.95. The number of hydrogen-bond donors (Lipinski definition) is 0. The van der Waals surface area contributed by atoms with E-state index in [1.807, 2.05) is 0 Å². The zero-order chi connectivity index (χ0) is 14.5. The minimum atomic E-state index is -0.0490. The third kappa shape index (κ3) is 3.93. The van der Waals surface area contributed by atoms with Crippen LogP contribution in [0.15, 0.2) is 0 Å². The van der Waals surface area contributed by atoms with Crippen molar-refractivity contribution < 1.29 is 14.3 Å². The van der Waals surface area contributed by atoms with Crippen molar-refractivity contribution in [3.8, 4) is 0 Å². The molecule has 0 bridgehead atoms. The van der Waals surface area contributed by atoms with Crippen molar-refractivity contribution in [2.75, 3.05) is 53.0 Å². The number of hydrogen-bond acceptors (Lipinski definition) is 5. The molecule has 2 aliphatic heterocycles. The SMILES string of the molecule is COC(=O)C(CN1CCOCC1)C1CCN(C(C)C)C1. The molecule has 0 spiro atoms. The smallest absolute Gasteiger partial charge is 0.310 e. The van der Waals surface area contributed by atoms with Crippen LogP contribution < -0.4 is 0 Å². The highest BCUT2D eigenvalue weighted by atomic mass is 16.5. The van der Waals surface area contributed by atoms with Gasteiger partial charge < -0.3 is 14.4 Å². The molecule has 2 rings (SSSR count). The maximum absolute atomic E-state index is 12.2. The van der Waals surface area contributed by atoms with Gasteiger partial charge in [-0.3, -0.25) is 9.69 Å². The summed E-state index contributed by atoms with van der Waals surface area (Å²) in [4.78, 5) is 16.9. The number of nitrogens with zero attached hydrogens (tertiary/aromatic N) is 2. The fourth-order valence-corrected chi connectivity index (χ4v) is 3.24. The lowest BCUT2D eigenvalue weighted by Crippen LogP contribution is -2.44. The van der Waals surface area contributed by atoms with Crippen LogP contribution in [0.2, 0.25) is 0 Å². The molecule has 20 heavy (non-hydrogen) atoms. The lowest BCUT2D eigenvalue weighted by Gasteiger charge is -2.32. The highest BCUT2D eigenvalue weighted by Crippen LogP contribution is 2.27.